The quantitative estimate of drug-likeness (QED) is 0.645. The summed E-state index contributed by atoms with van der Waals surface area (Å²) in [6.07, 6.45) is 0.0516. The SMILES string of the molecule is CC(C)OCN1C(=O)NC(=O)C1C. The molecule has 13 heavy (non-hydrogen) atoms. The summed E-state index contributed by atoms with van der Waals surface area (Å²) >= 11 is 0. The lowest BCUT2D eigenvalue weighted by molar-refractivity contribution is -0.122. The van der Waals surface area contributed by atoms with Crippen LogP contribution in [-0.2, 0) is 9.53 Å². The van der Waals surface area contributed by atoms with Gasteiger partial charge in [0.1, 0.15) is 12.8 Å². The van der Waals surface area contributed by atoms with Crippen LogP contribution in [0.2, 0.25) is 0 Å². The van der Waals surface area contributed by atoms with Crippen LogP contribution in [0.3, 0.4) is 0 Å². The first-order valence-electron chi connectivity index (χ1n) is 4.25. The first-order chi connectivity index (χ1) is 6.02. The number of hydrogen-bond donors (Lipinski definition) is 1. The van der Waals surface area contributed by atoms with Gasteiger partial charge in [0.15, 0.2) is 0 Å². The molecule has 5 nitrogen and oxygen atoms in total. The van der Waals surface area contributed by atoms with Crippen LogP contribution in [0.5, 0.6) is 0 Å². The normalized spacial score (nSPS) is 22.8. The minimum atomic E-state index is -0.425. The second kappa shape index (κ2) is 3.74. The van der Waals surface area contributed by atoms with Gasteiger partial charge in [0.2, 0.25) is 0 Å². The second-order valence-corrected chi connectivity index (χ2v) is 3.28. The molecule has 1 aliphatic rings. The molecule has 1 atom stereocenters. The van der Waals surface area contributed by atoms with Crippen LogP contribution in [0.15, 0.2) is 0 Å². The highest BCUT2D eigenvalue weighted by atomic mass is 16.5. The lowest BCUT2D eigenvalue weighted by atomic mass is 10.3. The number of carbonyl (C=O) groups is 2. The Balaban J connectivity index is 2.49. The molecule has 1 aliphatic heterocycles. The van der Waals surface area contributed by atoms with Gasteiger partial charge in [-0.2, -0.15) is 0 Å². The molecule has 0 aromatic rings. The molecule has 0 radical (unpaired) electrons. The molecule has 1 fully saturated rings. The van der Waals surface area contributed by atoms with Gasteiger partial charge >= 0.3 is 6.03 Å². The summed E-state index contributed by atoms with van der Waals surface area (Å²) in [7, 11) is 0. The Morgan fingerprint density at radius 3 is 2.54 bits per heavy atom. The highest BCUT2D eigenvalue weighted by molar-refractivity contribution is 6.03. The van der Waals surface area contributed by atoms with Gasteiger partial charge in [-0.25, -0.2) is 4.79 Å². The smallest absolute Gasteiger partial charge is 0.326 e. The third-order valence-corrected chi connectivity index (χ3v) is 1.88. The van der Waals surface area contributed by atoms with E-state index in [1.807, 2.05) is 13.8 Å². The van der Waals surface area contributed by atoms with Gasteiger partial charge in [-0.1, -0.05) is 0 Å². The maximum atomic E-state index is 11.1. The fourth-order valence-corrected chi connectivity index (χ4v) is 0.999. The standard InChI is InChI=1S/C8H14N2O3/c1-5(2)13-4-10-6(3)7(11)9-8(10)12/h5-6H,4H2,1-3H3,(H,9,11,12). The average molecular weight is 186 g/mol. The van der Waals surface area contributed by atoms with Gasteiger partial charge in [0.25, 0.3) is 5.91 Å². The zero-order valence-electron chi connectivity index (χ0n) is 8.03. The Morgan fingerprint density at radius 1 is 1.54 bits per heavy atom. The summed E-state index contributed by atoms with van der Waals surface area (Å²) < 4.78 is 5.23. The number of carbonyl (C=O) groups excluding carboxylic acids is 2. The molecule has 0 aromatic carbocycles. The van der Waals surface area contributed by atoms with E-state index in [0.29, 0.717) is 0 Å². The van der Waals surface area contributed by atoms with E-state index in [-0.39, 0.29) is 24.8 Å². The summed E-state index contributed by atoms with van der Waals surface area (Å²) in [6.45, 7) is 5.58. The highest BCUT2D eigenvalue weighted by Gasteiger charge is 2.34. The Bertz CT molecular complexity index is 227. The van der Waals surface area contributed by atoms with E-state index in [1.165, 1.54) is 4.90 Å². The van der Waals surface area contributed by atoms with Crippen LogP contribution in [0.4, 0.5) is 4.79 Å². The third kappa shape index (κ3) is 2.18. The largest absolute Gasteiger partial charge is 0.358 e. The summed E-state index contributed by atoms with van der Waals surface area (Å²) in [5.41, 5.74) is 0. The first-order valence-corrected chi connectivity index (χ1v) is 4.25. The summed E-state index contributed by atoms with van der Waals surface area (Å²) in [6, 6.07) is -0.801. The number of ether oxygens (including phenoxy) is 1. The fourth-order valence-electron chi connectivity index (χ4n) is 0.999. The van der Waals surface area contributed by atoms with Gasteiger partial charge < -0.3 is 4.74 Å². The predicted octanol–water partition coefficient (Wildman–Crippen LogP) is 0.309. The van der Waals surface area contributed by atoms with Crippen molar-refractivity contribution in [3.8, 4) is 0 Å². The fraction of sp³-hybridized carbons (Fsp3) is 0.750. The molecule has 1 saturated heterocycles. The minimum absolute atomic E-state index is 0.0516. The van der Waals surface area contributed by atoms with Crippen LogP contribution < -0.4 is 5.32 Å². The molecular formula is C8H14N2O3. The van der Waals surface area contributed by atoms with Crippen molar-refractivity contribution in [2.45, 2.75) is 32.9 Å². The van der Waals surface area contributed by atoms with Gasteiger partial charge in [-0.3, -0.25) is 15.0 Å². The Labute approximate surface area is 77.0 Å². The van der Waals surface area contributed by atoms with Crippen LogP contribution in [0.25, 0.3) is 0 Å². The highest BCUT2D eigenvalue weighted by Crippen LogP contribution is 2.07. The maximum Gasteiger partial charge on any atom is 0.326 e. The van der Waals surface area contributed by atoms with E-state index >= 15 is 0 Å². The van der Waals surface area contributed by atoms with Crippen molar-refractivity contribution in [1.29, 1.82) is 0 Å². The molecule has 0 aliphatic carbocycles. The zero-order chi connectivity index (χ0) is 10.0. The molecule has 1 heterocycles. The molecule has 0 aromatic heterocycles. The number of nitrogens with zero attached hydrogens (tertiary/aromatic N) is 1. The Morgan fingerprint density at radius 2 is 2.15 bits per heavy atom. The number of urea groups is 1. The summed E-state index contributed by atoms with van der Waals surface area (Å²) in [5, 5.41) is 2.21. The summed E-state index contributed by atoms with van der Waals surface area (Å²) in [5.74, 6) is -0.266. The monoisotopic (exact) mass is 186 g/mol. The lowest BCUT2D eigenvalue weighted by Gasteiger charge is -2.19. The number of amides is 3. The van der Waals surface area contributed by atoms with Crippen LogP contribution >= 0.6 is 0 Å². The molecule has 0 saturated carbocycles. The van der Waals surface area contributed by atoms with E-state index in [1.54, 1.807) is 6.92 Å². The van der Waals surface area contributed by atoms with Crippen LogP contribution in [0, 0.1) is 0 Å². The van der Waals surface area contributed by atoms with Crippen molar-refractivity contribution in [3.05, 3.63) is 0 Å². The molecule has 74 valence electrons. The Hall–Kier alpha value is -1.10. The number of hydrogen-bond acceptors (Lipinski definition) is 3. The topological polar surface area (TPSA) is 58.6 Å². The zero-order valence-corrected chi connectivity index (χ0v) is 8.03. The second-order valence-electron chi connectivity index (χ2n) is 3.28. The van der Waals surface area contributed by atoms with Crippen molar-refractivity contribution in [3.63, 3.8) is 0 Å². The van der Waals surface area contributed by atoms with Crippen molar-refractivity contribution < 1.29 is 14.3 Å². The maximum absolute atomic E-state index is 11.1. The van der Waals surface area contributed by atoms with Gasteiger partial charge in [0, 0.05) is 0 Å². The molecule has 5 heteroatoms. The number of imide groups is 1. The third-order valence-electron chi connectivity index (χ3n) is 1.88. The van der Waals surface area contributed by atoms with E-state index in [4.69, 9.17) is 4.74 Å². The molecule has 0 bridgehead atoms. The van der Waals surface area contributed by atoms with Gasteiger partial charge in [-0.05, 0) is 20.8 Å². The van der Waals surface area contributed by atoms with Crippen LogP contribution in [0.1, 0.15) is 20.8 Å². The number of rotatable bonds is 3. The molecule has 1 unspecified atom stereocenters. The van der Waals surface area contributed by atoms with Crippen molar-refractivity contribution in [2.75, 3.05) is 6.73 Å². The van der Waals surface area contributed by atoms with Gasteiger partial charge in [0.05, 0.1) is 6.10 Å². The summed E-state index contributed by atoms with van der Waals surface area (Å²) in [4.78, 5) is 23.5. The molecule has 0 spiro atoms. The molecule has 1 N–H and O–H groups in total. The van der Waals surface area contributed by atoms with E-state index < -0.39 is 6.04 Å². The van der Waals surface area contributed by atoms with E-state index in [0.717, 1.165) is 0 Å². The predicted molar refractivity (Wildman–Crippen MR) is 45.9 cm³/mol. The number of nitrogens with one attached hydrogen (secondary N) is 1. The Kier molecular flexibility index (Phi) is 2.87. The van der Waals surface area contributed by atoms with Crippen LogP contribution in [-0.4, -0.2) is 35.7 Å². The first kappa shape index (κ1) is 9.98. The molecule has 3 amide bonds. The van der Waals surface area contributed by atoms with Crippen molar-refractivity contribution in [2.24, 2.45) is 0 Å². The molecule has 1 rings (SSSR count). The lowest BCUT2D eigenvalue weighted by Crippen LogP contribution is -2.35. The van der Waals surface area contributed by atoms with E-state index in [9.17, 15) is 9.59 Å². The average Bonchev–Trinajstić information content (AvgIpc) is 2.24. The van der Waals surface area contributed by atoms with Gasteiger partial charge in [-0.15, -0.1) is 0 Å². The van der Waals surface area contributed by atoms with Crippen molar-refractivity contribution >= 4 is 11.9 Å². The molecular weight excluding hydrogens is 172 g/mol. The van der Waals surface area contributed by atoms with E-state index in [2.05, 4.69) is 5.32 Å². The van der Waals surface area contributed by atoms with Crippen molar-refractivity contribution in [1.82, 2.24) is 10.2 Å². The minimum Gasteiger partial charge on any atom is -0.358 e.